The summed E-state index contributed by atoms with van der Waals surface area (Å²) in [5, 5.41) is 0. The molecular formula is C15H24N4O3S. The molecule has 1 fully saturated rings. The van der Waals surface area contributed by atoms with Gasteiger partial charge < -0.3 is 9.80 Å². The molecule has 0 aromatic carbocycles. The van der Waals surface area contributed by atoms with E-state index in [2.05, 4.69) is 16.9 Å². The maximum absolute atomic E-state index is 12.6. The number of nitrogens with zero attached hydrogens (tertiary/aromatic N) is 4. The molecule has 1 aromatic heterocycles. The molecule has 1 amide bonds. The van der Waals surface area contributed by atoms with Crippen molar-refractivity contribution in [1.29, 1.82) is 0 Å². The number of carbonyl (C=O) groups is 1. The van der Waals surface area contributed by atoms with Crippen molar-refractivity contribution in [2.24, 2.45) is 0 Å². The molecule has 0 radical (unpaired) electrons. The Bertz CT molecular complexity index is 662. The molecule has 0 spiro atoms. The summed E-state index contributed by atoms with van der Waals surface area (Å²) in [5.74, 6) is 0.421. The Kier molecular flexibility index (Phi) is 5.56. The molecule has 0 bridgehead atoms. The Morgan fingerprint density at radius 2 is 2.13 bits per heavy atom. The van der Waals surface area contributed by atoms with Crippen molar-refractivity contribution in [1.82, 2.24) is 14.9 Å². The number of hydrogen-bond acceptors (Lipinski definition) is 6. The monoisotopic (exact) mass is 340 g/mol. The Labute approximate surface area is 137 Å². The van der Waals surface area contributed by atoms with Gasteiger partial charge >= 0.3 is 0 Å². The van der Waals surface area contributed by atoms with E-state index in [1.807, 2.05) is 11.9 Å². The lowest BCUT2D eigenvalue weighted by molar-refractivity contribution is 0.0741. The zero-order valence-electron chi connectivity index (χ0n) is 13.9. The standard InChI is InChI=1S/C15H24N4O3S/c1-4-5-9-18(2)15-16-8-6-13(17-15)14(20)19(3)12-7-10-23(21,22)11-12/h6,8,12H,4-5,7,9-11H2,1-3H3. The molecule has 0 N–H and O–H groups in total. The normalized spacial score (nSPS) is 19.5. The number of rotatable bonds is 6. The molecule has 7 nitrogen and oxygen atoms in total. The third-order valence-corrected chi connectivity index (χ3v) is 5.88. The van der Waals surface area contributed by atoms with Crippen molar-refractivity contribution in [3.05, 3.63) is 18.0 Å². The van der Waals surface area contributed by atoms with E-state index in [-0.39, 0.29) is 23.5 Å². The molecule has 8 heteroatoms. The minimum Gasteiger partial charge on any atom is -0.344 e. The first kappa shape index (κ1) is 17.7. The second kappa shape index (κ2) is 7.25. The summed E-state index contributed by atoms with van der Waals surface area (Å²) in [7, 11) is 0.508. The smallest absolute Gasteiger partial charge is 0.272 e. The van der Waals surface area contributed by atoms with E-state index in [4.69, 9.17) is 0 Å². The lowest BCUT2D eigenvalue weighted by Crippen LogP contribution is -2.38. The van der Waals surface area contributed by atoms with Crippen LogP contribution in [0.5, 0.6) is 0 Å². The van der Waals surface area contributed by atoms with Gasteiger partial charge in [-0.05, 0) is 18.9 Å². The Morgan fingerprint density at radius 3 is 2.74 bits per heavy atom. The highest BCUT2D eigenvalue weighted by Gasteiger charge is 2.33. The number of anilines is 1. The van der Waals surface area contributed by atoms with E-state index in [1.165, 1.54) is 4.90 Å². The molecule has 1 aromatic rings. The maximum Gasteiger partial charge on any atom is 0.272 e. The average molecular weight is 340 g/mol. The van der Waals surface area contributed by atoms with E-state index in [1.54, 1.807) is 19.3 Å². The summed E-state index contributed by atoms with van der Waals surface area (Å²) in [5.41, 5.74) is 0.296. The topological polar surface area (TPSA) is 83.5 Å². The molecule has 1 aliphatic rings. The SMILES string of the molecule is CCCCN(C)c1nccc(C(=O)N(C)C2CCS(=O)(=O)C2)n1. The minimum absolute atomic E-state index is 0.0313. The Hall–Kier alpha value is -1.70. The number of sulfone groups is 1. The lowest BCUT2D eigenvalue weighted by Gasteiger charge is -2.23. The van der Waals surface area contributed by atoms with Gasteiger partial charge in [-0.15, -0.1) is 0 Å². The number of amides is 1. The van der Waals surface area contributed by atoms with Crippen LogP contribution in [0.1, 0.15) is 36.7 Å². The van der Waals surface area contributed by atoms with Crippen LogP contribution in [-0.4, -0.2) is 67.4 Å². The van der Waals surface area contributed by atoms with Gasteiger partial charge in [-0.1, -0.05) is 13.3 Å². The molecule has 128 valence electrons. The van der Waals surface area contributed by atoms with Crippen LogP contribution in [0.15, 0.2) is 12.3 Å². The number of aromatic nitrogens is 2. The zero-order valence-corrected chi connectivity index (χ0v) is 14.7. The largest absolute Gasteiger partial charge is 0.344 e. The Balaban J connectivity index is 2.10. The molecule has 1 saturated heterocycles. The van der Waals surface area contributed by atoms with Crippen LogP contribution in [-0.2, 0) is 9.84 Å². The second-order valence-electron chi connectivity index (χ2n) is 5.99. The highest BCUT2D eigenvalue weighted by molar-refractivity contribution is 7.91. The van der Waals surface area contributed by atoms with Crippen molar-refractivity contribution in [3.63, 3.8) is 0 Å². The highest BCUT2D eigenvalue weighted by Crippen LogP contribution is 2.18. The summed E-state index contributed by atoms with van der Waals surface area (Å²) in [4.78, 5) is 24.5. The van der Waals surface area contributed by atoms with Gasteiger partial charge in [0, 0.05) is 32.9 Å². The van der Waals surface area contributed by atoms with Gasteiger partial charge in [0.25, 0.3) is 5.91 Å². The molecule has 1 aliphatic heterocycles. The van der Waals surface area contributed by atoms with Gasteiger partial charge in [-0.25, -0.2) is 18.4 Å². The molecule has 2 heterocycles. The van der Waals surface area contributed by atoms with E-state index in [0.717, 1.165) is 19.4 Å². The van der Waals surface area contributed by atoms with Crippen molar-refractivity contribution >= 4 is 21.7 Å². The second-order valence-corrected chi connectivity index (χ2v) is 8.22. The molecule has 1 unspecified atom stereocenters. The number of unbranched alkanes of at least 4 members (excludes halogenated alkanes) is 1. The minimum atomic E-state index is -3.02. The van der Waals surface area contributed by atoms with Gasteiger partial charge in [0.2, 0.25) is 5.95 Å². The predicted octanol–water partition coefficient (Wildman–Crippen LogP) is 0.972. The summed E-state index contributed by atoms with van der Waals surface area (Å²) in [6, 6.07) is 1.29. The molecule has 2 rings (SSSR count). The van der Waals surface area contributed by atoms with Crippen molar-refractivity contribution in [2.45, 2.75) is 32.2 Å². The highest BCUT2D eigenvalue weighted by atomic mass is 32.2. The first-order chi connectivity index (χ1) is 10.8. The summed E-state index contributed by atoms with van der Waals surface area (Å²) in [6.07, 6.45) is 4.15. The lowest BCUT2D eigenvalue weighted by atomic mass is 10.2. The van der Waals surface area contributed by atoms with Crippen LogP contribution in [0.4, 0.5) is 5.95 Å². The van der Waals surface area contributed by atoms with Gasteiger partial charge in [-0.2, -0.15) is 0 Å². The Morgan fingerprint density at radius 1 is 1.39 bits per heavy atom. The van der Waals surface area contributed by atoms with E-state index < -0.39 is 9.84 Å². The van der Waals surface area contributed by atoms with Crippen LogP contribution in [0.25, 0.3) is 0 Å². The van der Waals surface area contributed by atoms with Crippen molar-refractivity contribution in [3.8, 4) is 0 Å². The van der Waals surface area contributed by atoms with Crippen LogP contribution in [0.3, 0.4) is 0 Å². The fourth-order valence-electron chi connectivity index (χ4n) is 2.57. The molecule has 0 aliphatic carbocycles. The van der Waals surface area contributed by atoms with Crippen LogP contribution >= 0.6 is 0 Å². The van der Waals surface area contributed by atoms with Gasteiger partial charge in [0.1, 0.15) is 5.69 Å². The molecule has 23 heavy (non-hydrogen) atoms. The van der Waals surface area contributed by atoms with E-state index in [9.17, 15) is 13.2 Å². The van der Waals surface area contributed by atoms with Gasteiger partial charge in [0.05, 0.1) is 11.5 Å². The zero-order chi connectivity index (χ0) is 17.0. The number of carbonyl (C=O) groups excluding carboxylic acids is 1. The van der Waals surface area contributed by atoms with Gasteiger partial charge in [-0.3, -0.25) is 4.79 Å². The molecule has 0 saturated carbocycles. The van der Waals surface area contributed by atoms with E-state index in [0.29, 0.717) is 18.1 Å². The number of hydrogen-bond donors (Lipinski definition) is 0. The van der Waals surface area contributed by atoms with Gasteiger partial charge in [0.15, 0.2) is 9.84 Å². The van der Waals surface area contributed by atoms with E-state index >= 15 is 0 Å². The fourth-order valence-corrected chi connectivity index (χ4v) is 4.35. The van der Waals surface area contributed by atoms with Crippen LogP contribution < -0.4 is 4.90 Å². The fraction of sp³-hybridized carbons (Fsp3) is 0.667. The summed E-state index contributed by atoms with van der Waals surface area (Å²) >= 11 is 0. The van der Waals surface area contributed by atoms with Crippen molar-refractivity contribution in [2.75, 3.05) is 37.0 Å². The third kappa shape index (κ3) is 4.40. The maximum atomic E-state index is 12.6. The predicted molar refractivity (Wildman–Crippen MR) is 89.4 cm³/mol. The average Bonchev–Trinajstić information content (AvgIpc) is 2.91. The summed E-state index contributed by atoms with van der Waals surface area (Å²) in [6.45, 7) is 2.93. The van der Waals surface area contributed by atoms with Crippen LogP contribution in [0, 0.1) is 0 Å². The first-order valence-electron chi connectivity index (χ1n) is 7.86. The molecular weight excluding hydrogens is 316 g/mol. The first-order valence-corrected chi connectivity index (χ1v) is 9.68. The van der Waals surface area contributed by atoms with Crippen LogP contribution in [0.2, 0.25) is 0 Å². The van der Waals surface area contributed by atoms with Crippen molar-refractivity contribution < 1.29 is 13.2 Å². The quantitative estimate of drug-likeness (QED) is 0.767. The summed E-state index contributed by atoms with van der Waals surface area (Å²) < 4.78 is 23.2. The molecule has 1 atom stereocenters. The third-order valence-electron chi connectivity index (χ3n) is 4.13.